The van der Waals surface area contributed by atoms with Crippen LogP contribution in [-0.2, 0) is 4.74 Å². The summed E-state index contributed by atoms with van der Waals surface area (Å²) in [6.45, 7) is 3.47. The Morgan fingerprint density at radius 3 is 2.00 bits per heavy atom. The minimum Gasteiger partial charge on any atom is -0.384 e. The van der Waals surface area contributed by atoms with E-state index in [4.69, 9.17) is 4.74 Å². The Labute approximate surface area is 54.3 Å². The molecule has 1 aliphatic rings. The van der Waals surface area contributed by atoms with Gasteiger partial charge in [0.25, 0.3) is 0 Å². The molecule has 0 spiro atoms. The molecule has 1 heterocycles. The summed E-state index contributed by atoms with van der Waals surface area (Å²) in [5, 5.41) is 18.6. The highest BCUT2D eigenvalue weighted by Crippen LogP contribution is 2.32. The Morgan fingerprint density at radius 2 is 1.89 bits per heavy atom. The molecule has 0 saturated carbocycles. The van der Waals surface area contributed by atoms with Crippen LogP contribution in [0.1, 0.15) is 20.3 Å². The van der Waals surface area contributed by atoms with Crippen LogP contribution < -0.4 is 0 Å². The Bertz CT molecular complexity index is 103. The molecule has 2 atom stereocenters. The molecule has 9 heavy (non-hydrogen) atoms. The van der Waals surface area contributed by atoms with Gasteiger partial charge in [-0.1, -0.05) is 0 Å². The van der Waals surface area contributed by atoms with Crippen molar-refractivity contribution >= 4 is 0 Å². The van der Waals surface area contributed by atoms with Gasteiger partial charge in [0.1, 0.15) is 5.60 Å². The van der Waals surface area contributed by atoms with Crippen molar-refractivity contribution in [2.45, 2.75) is 31.7 Å². The number of ether oxygens (including phenoxy) is 1. The predicted molar refractivity (Wildman–Crippen MR) is 31.8 cm³/mol. The van der Waals surface area contributed by atoms with Gasteiger partial charge >= 0.3 is 0 Å². The predicted octanol–water partition coefficient (Wildman–Crippen LogP) is -0.134. The van der Waals surface area contributed by atoms with Crippen molar-refractivity contribution in [3.8, 4) is 0 Å². The maximum absolute atomic E-state index is 9.35. The second-order valence-electron chi connectivity index (χ2n) is 2.86. The molecule has 1 aliphatic heterocycles. The van der Waals surface area contributed by atoms with Crippen LogP contribution in [0.5, 0.6) is 0 Å². The van der Waals surface area contributed by atoms with E-state index in [1.807, 2.05) is 0 Å². The number of aliphatic hydroxyl groups is 2. The van der Waals surface area contributed by atoms with Crippen LogP contribution >= 0.6 is 0 Å². The summed E-state index contributed by atoms with van der Waals surface area (Å²) < 4.78 is 4.86. The van der Waals surface area contributed by atoms with E-state index in [9.17, 15) is 10.2 Å². The van der Waals surface area contributed by atoms with Gasteiger partial charge < -0.3 is 14.9 Å². The zero-order valence-electron chi connectivity index (χ0n) is 5.72. The highest BCUT2D eigenvalue weighted by molar-refractivity contribution is 4.90. The Balaban J connectivity index is 2.75. The minimum atomic E-state index is -1.35. The largest absolute Gasteiger partial charge is 0.384 e. The smallest absolute Gasteiger partial charge is 0.191 e. The van der Waals surface area contributed by atoms with Gasteiger partial charge in [0.05, 0.1) is 6.61 Å². The van der Waals surface area contributed by atoms with Crippen LogP contribution in [0.2, 0.25) is 0 Å². The fourth-order valence-electron chi connectivity index (χ4n) is 0.836. The van der Waals surface area contributed by atoms with E-state index >= 15 is 0 Å². The van der Waals surface area contributed by atoms with E-state index < -0.39 is 11.4 Å². The summed E-state index contributed by atoms with van der Waals surface area (Å²) in [4.78, 5) is 0. The molecule has 0 aromatic rings. The lowest BCUT2D eigenvalue weighted by Gasteiger charge is -2.29. The van der Waals surface area contributed by atoms with E-state index in [1.165, 1.54) is 6.92 Å². The number of hydrogen-bond acceptors (Lipinski definition) is 3. The third-order valence-electron chi connectivity index (χ3n) is 1.97. The molecule has 0 radical (unpaired) electrons. The van der Waals surface area contributed by atoms with Crippen LogP contribution in [0.4, 0.5) is 0 Å². The summed E-state index contributed by atoms with van der Waals surface area (Å²) in [5.74, 6) is -1.35. The standard InChI is InChI=1S/C6H12O3/c1-5(7)3-4-9-6(5,2)8/h7-8H,3-4H2,1-2H3/t5-,6+/m1/s1. The summed E-state index contributed by atoms with van der Waals surface area (Å²) >= 11 is 0. The maximum Gasteiger partial charge on any atom is 0.191 e. The topological polar surface area (TPSA) is 49.7 Å². The molecule has 1 fully saturated rings. The van der Waals surface area contributed by atoms with Crippen molar-refractivity contribution in [3.05, 3.63) is 0 Å². The molecule has 2 N–H and O–H groups in total. The monoisotopic (exact) mass is 132 g/mol. The molecular formula is C6H12O3. The van der Waals surface area contributed by atoms with E-state index in [0.29, 0.717) is 13.0 Å². The Hall–Kier alpha value is -0.120. The van der Waals surface area contributed by atoms with E-state index in [-0.39, 0.29) is 0 Å². The first-order valence-electron chi connectivity index (χ1n) is 3.04. The average molecular weight is 132 g/mol. The first kappa shape index (κ1) is 6.99. The summed E-state index contributed by atoms with van der Waals surface area (Å²) in [7, 11) is 0. The van der Waals surface area contributed by atoms with Crippen LogP contribution in [0, 0.1) is 0 Å². The van der Waals surface area contributed by atoms with Gasteiger partial charge in [0.2, 0.25) is 0 Å². The van der Waals surface area contributed by atoms with Gasteiger partial charge in [-0.3, -0.25) is 0 Å². The lowest BCUT2D eigenvalue weighted by molar-refractivity contribution is -0.235. The van der Waals surface area contributed by atoms with Crippen molar-refractivity contribution in [1.29, 1.82) is 0 Å². The molecule has 54 valence electrons. The molecular weight excluding hydrogens is 120 g/mol. The van der Waals surface area contributed by atoms with E-state index in [0.717, 1.165) is 0 Å². The van der Waals surface area contributed by atoms with Crippen LogP contribution in [-0.4, -0.2) is 28.2 Å². The van der Waals surface area contributed by atoms with Crippen molar-refractivity contribution in [3.63, 3.8) is 0 Å². The second kappa shape index (κ2) is 1.68. The molecule has 0 aromatic heterocycles. The van der Waals surface area contributed by atoms with Crippen LogP contribution in [0.25, 0.3) is 0 Å². The molecule has 3 heteroatoms. The third-order valence-corrected chi connectivity index (χ3v) is 1.97. The van der Waals surface area contributed by atoms with Gasteiger partial charge in [-0.2, -0.15) is 0 Å². The molecule has 0 bridgehead atoms. The lowest BCUT2D eigenvalue weighted by atomic mass is 9.96. The van der Waals surface area contributed by atoms with Crippen LogP contribution in [0.3, 0.4) is 0 Å². The average Bonchev–Trinajstić information content (AvgIpc) is 1.81. The molecule has 1 rings (SSSR count). The molecule has 3 nitrogen and oxygen atoms in total. The summed E-state index contributed by atoms with van der Waals surface area (Å²) in [6, 6.07) is 0. The highest BCUT2D eigenvalue weighted by atomic mass is 16.6. The van der Waals surface area contributed by atoms with E-state index in [1.54, 1.807) is 6.92 Å². The highest BCUT2D eigenvalue weighted by Gasteiger charge is 2.47. The first-order valence-corrected chi connectivity index (χ1v) is 3.04. The minimum absolute atomic E-state index is 0.431. The molecule has 0 unspecified atom stereocenters. The first-order chi connectivity index (χ1) is 3.96. The number of hydrogen-bond donors (Lipinski definition) is 2. The SMILES string of the molecule is C[C@]1(O)OCC[C@@]1(C)O. The zero-order chi connectivity index (χ0) is 7.12. The maximum atomic E-state index is 9.35. The molecule has 0 aromatic carbocycles. The fraction of sp³-hybridized carbons (Fsp3) is 1.00. The van der Waals surface area contributed by atoms with E-state index in [2.05, 4.69) is 0 Å². The zero-order valence-corrected chi connectivity index (χ0v) is 5.72. The molecule has 0 aliphatic carbocycles. The van der Waals surface area contributed by atoms with Crippen LogP contribution in [0.15, 0.2) is 0 Å². The Kier molecular flexibility index (Phi) is 1.31. The summed E-state index contributed by atoms with van der Waals surface area (Å²) in [5.41, 5.74) is -1.08. The summed E-state index contributed by atoms with van der Waals surface area (Å²) in [6.07, 6.45) is 0.500. The number of rotatable bonds is 0. The molecule has 0 amide bonds. The van der Waals surface area contributed by atoms with Gasteiger partial charge in [0, 0.05) is 6.42 Å². The van der Waals surface area contributed by atoms with Crippen molar-refractivity contribution < 1.29 is 14.9 Å². The van der Waals surface area contributed by atoms with Crippen molar-refractivity contribution in [2.75, 3.05) is 6.61 Å². The quantitative estimate of drug-likeness (QED) is 0.482. The van der Waals surface area contributed by atoms with Crippen molar-refractivity contribution in [1.82, 2.24) is 0 Å². The third kappa shape index (κ3) is 0.956. The van der Waals surface area contributed by atoms with Gasteiger partial charge in [-0.05, 0) is 13.8 Å². The second-order valence-corrected chi connectivity index (χ2v) is 2.86. The fourth-order valence-corrected chi connectivity index (χ4v) is 0.836. The van der Waals surface area contributed by atoms with Gasteiger partial charge in [0.15, 0.2) is 5.79 Å². The normalized spacial score (nSPS) is 52.0. The Morgan fingerprint density at radius 1 is 1.33 bits per heavy atom. The lowest BCUT2D eigenvalue weighted by Crippen LogP contribution is -2.45. The van der Waals surface area contributed by atoms with Crippen molar-refractivity contribution in [2.24, 2.45) is 0 Å². The van der Waals surface area contributed by atoms with Gasteiger partial charge in [-0.15, -0.1) is 0 Å². The van der Waals surface area contributed by atoms with Gasteiger partial charge in [-0.25, -0.2) is 0 Å². The molecule has 1 saturated heterocycles.